The van der Waals surface area contributed by atoms with Gasteiger partial charge in [0.1, 0.15) is 11.6 Å². The summed E-state index contributed by atoms with van der Waals surface area (Å²) in [5.41, 5.74) is 3.73. The van der Waals surface area contributed by atoms with Crippen molar-refractivity contribution in [2.75, 3.05) is 6.54 Å². The summed E-state index contributed by atoms with van der Waals surface area (Å²) in [6.07, 6.45) is 1.79. The second kappa shape index (κ2) is 3.31. The van der Waals surface area contributed by atoms with E-state index in [2.05, 4.69) is 20.9 Å². The van der Waals surface area contributed by atoms with Crippen LogP contribution in [0.15, 0.2) is 0 Å². The van der Waals surface area contributed by atoms with Crippen molar-refractivity contribution in [3.05, 3.63) is 11.6 Å². The first kappa shape index (κ1) is 7.21. The number of aryl methyl sites for hydroxylation is 1. The van der Waals surface area contributed by atoms with Crippen molar-refractivity contribution in [3.8, 4) is 0 Å². The molecule has 0 aliphatic rings. The first-order valence-corrected chi connectivity index (χ1v) is 3.56. The first-order chi connectivity index (χ1) is 4.86. The molecule has 4 heteroatoms. The highest BCUT2D eigenvalue weighted by molar-refractivity contribution is 4.89. The van der Waals surface area contributed by atoms with E-state index in [9.17, 15) is 0 Å². The Balaban J connectivity index is 2.59. The van der Waals surface area contributed by atoms with Crippen molar-refractivity contribution in [2.24, 2.45) is 0 Å². The number of aromatic amines is 1. The number of hydrogen-bond acceptors (Lipinski definition) is 2. The molecule has 1 aromatic heterocycles. The average molecular weight is 141 g/mol. The fraction of sp³-hybridized carbons (Fsp3) is 0.667. The molecular weight excluding hydrogens is 128 g/mol. The summed E-state index contributed by atoms with van der Waals surface area (Å²) in [6, 6.07) is 0. The number of nitrogens with one attached hydrogen (secondary N) is 1. The maximum Gasteiger partial charge on any atom is 0.150 e. The van der Waals surface area contributed by atoms with Crippen molar-refractivity contribution in [1.29, 1.82) is 0 Å². The zero-order valence-corrected chi connectivity index (χ0v) is 6.22. The SMILES string of the molecule is CCc1n[nH]c(CC[NH3+])n1. The minimum absolute atomic E-state index is 0.873. The predicted octanol–water partition coefficient (Wildman–Crippen LogP) is -0.848. The van der Waals surface area contributed by atoms with E-state index in [4.69, 9.17) is 0 Å². The molecule has 0 unspecified atom stereocenters. The molecule has 0 radical (unpaired) electrons. The van der Waals surface area contributed by atoms with Gasteiger partial charge < -0.3 is 5.73 Å². The van der Waals surface area contributed by atoms with Gasteiger partial charge in [-0.15, -0.1) is 0 Å². The van der Waals surface area contributed by atoms with Gasteiger partial charge >= 0.3 is 0 Å². The van der Waals surface area contributed by atoms with E-state index in [1.54, 1.807) is 0 Å². The quantitative estimate of drug-likeness (QED) is 0.575. The molecule has 10 heavy (non-hydrogen) atoms. The Morgan fingerprint density at radius 1 is 1.60 bits per heavy atom. The highest BCUT2D eigenvalue weighted by Crippen LogP contribution is 1.92. The normalized spacial score (nSPS) is 10.2. The molecule has 0 spiro atoms. The highest BCUT2D eigenvalue weighted by Gasteiger charge is 1.98. The number of rotatable bonds is 3. The maximum atomic E-state index is 4.21. The average Bonchev–Trinajstić information content (AvgIpc) is 2.37. The predicted molar refractivity (Wildman–Crippen MR) is 37.2 cm³/mol. The monoisotopic (exact) mass is 141 g/mol. The van der Waals surface area contributed by atoms with Gasteiger partial charge in [0.05, 0.1) is 13.0 Å². The number of hydrogen-bond donors (Lipinski definition) is 2. The lowest BCUT2D eigenvalue weighted by molar-refractivity contribution is -0.366. The van der Waals surface area contributed by atoms with E-state index in [-0.39, 0.29) is 0 Å². The van der Waals surface area contributed by atoms with Crippen LogP contribution in [-0.2, 0) is 12.8 Å². The molecule has 1 aromatic rings. The Morgan fingerprint density at radius 2 is 2.40 bits per heavy atom. The van der Waals surface area contributed by atoms with Gasteiger partial charge in [0.25, 0.3) is 0 Å². The van der Waals surface area contributed by atoms with Crippen molar-refractivity contribution < 1.29 is 5.73 Å². The smallest absolute Gasteiger partial charge is 0.150 e. The zero-order chi connectivity index (χ0) is 7.40. The van der Waals surface area contributed by atoms with Crippen molar-refractivity contribution >= 4 is 0 Å². The third kappa shape index (κ3) is 1.54. The number of H-pyrrole nitrogens is 1. The van der Waals surface area contributed by atoms with E-state index >= 15 is 0 Å². The van der Waals surface area contributed by atoms with Crippen LogP contribution in [0.5, 0.6) is 0 Å². The molecule has 0 saturated heterocycles. The lowest BCUT2D eigenvalue weighted by Crippen LogP contribution is -2.51. The molecule has 4 nitrogen and oxygen atoms in total. The van der Waals surface area contributed by atoms with Gasteiger partial charge in [0.2, 0.25) is 0 Å². The second-order valence-corrected chi connectivity index (χ2v) is 2.16. The van der Waals surface area contributed by atoms with Gasteiger partial charge in [0.15, 0.2) is 0 Å². The highest BCUT2D eigenvalue weighted by atomic mass is 15.2. The Bertz CT molecular complexity index is 193. The van der Waals surface area contributed by atoms with Gasteiger partial charge in [-0.3, -0.25) is 5.10 Å². The molecule has 0 aliphatic carbocycles. The number of quaternary nitrogens is 1. The third-order valence-corrected chi connectivity index (χ3v) is 1.31. The molecule has 0 bridgehead atoms. The number of aromatic nitrogens is 3. The van der Waals surface area contributed by atoms with E-state index in [1.807, 2.05) is 6.92 Å². The van der Waals surface area contributed by atoms with Crippen LogP contribution in [0.2, 0.25) is 0 Å². The van der Waals surface area contributed by atoms with Gasteiger partial charge in [-0.1, -0.05) is 6.92 Å². The van der Waals surface area contributed by atoms with Crippen LogP contribution in [0.4, 0.5) is 0 Å². The van der Waals surface area contributed by atoms with Crippen molar-refractivity contribution in [3.63, 3.8) is 0 Å². The Kier molecular flexibility index (Phi) is 2.39. The Hall–Kier alpha value is -0.900. The van der Waals surface area contributed by atoms with Gasteiger partial charge in [-0.05, 0) is 0 Å². The third-order valence-electron chi connectivity index (χ3n) is 1.31. The zero-order valence-electron chi connectivity index (χ0n) is 6.22. The first-order valence-electron chi connectivity index (χ1n) is 3.56. The van der Waals surface area contributed by atoms with Crippen LogP contribution in [0.1, 0.15) is 18.6 Å². The summed E-state index contributed by atoms with van der Waals surface area (Å²) in [5, 5.41) is 6.85. The van der Waals surface area contributed by atoms with Gasteiger partial charge in [0, 0.05) is 6.42 Å². The minimum atomic E-state index is 0.873. The summed E-state index contributed by atoms with van der Waals surface area (Å²) < 4.78 is 0. The molecule has 0 atom stereocenters. The second-order valence-electron chi connectivity index (χ2n) is 2.16. The van der Waals surface area contributed by atoms with E-state index in [1.165, 1.54) is 0 Å². The molecule has 1 heterocycles. The molecule has 1 rings (SSSR count). The fourth-order valence-electron chi connectivity index (χ4n) is 0.772. The van der Waals surface area contributed by atoms with Crippen molar-refractivity contribution in [1.82, 2.24) is 15.2 Å². The summed E-state index contributed by atoms with van der Waals surface area (Å²) in [5.74, 6) is 1.84. The molecule has 0 amide bonds. The summed E-state index contributed by atoms with van der Waals surface area (Å²) in [7, 11) is 0. The Labute approximate surface area is 59.8 Å². The number of nitrogens with zero attached hydrogens (tertiary/aromatic N) is 2. The summed E-state index contributed by atoms with van der Waals surface area (Å²) in [6.45, 7) is 2.91. The van der Waals surface area contributed by atoms with Gasteiger partial charge in [-0.25, -0.2) is 4.98 Å². The molecule has 56 valence electrons. The molecule has 0 fully saturated rings. The van der Waals surface area contributed by atoms with Crippen LogP contribution in [0, 0.1) is 0 Å². The topological polar surface area (TPSA) is 69.2 Å². The molecule has 0 aromatic carbocycles. The van der Waals surface area contributed by atoms with E-state index < -0.39 is 0 Å². The van der Waals surface area contributed by atoms with Crippen LogP contribution >= 0.6 is 0 Å². The largest absolute Gasteiger partial charge is 0.357 e. The minimum Gasteiger partial charge on any atom is -0.357 e. The fourth-order valence-corrected chi connectivity index (χ4v) is 0.772. The molecule has 0 saturated carbocycles. The van der Waals surface area contributed by atoms with Crippen LogP contribution in [0.25, 0.3) is 0 Å². The van der Waals surface area contributed by atoms with Crippen LogP contribution < -0.4 is 5.73 Å². The molecule has 4 N–H and O–H groups in total. The molecule has 0 aliphatic heterocycles. The van der Waals surface area contributed by atoms with E-state index in [0.29, 0.717) is 0 Å². The van der Waals surface area contributed by atoms with Crippen LogP contribution in [0.3, 0.4) is 0 Å². The van der Waals surface area contributed by atoms with Crippen LogP contribution in [-0.4, -0.2) is 21.7 Å². The summed E-state index contributed by atoms with van der Waals surface area (Å²) in [4.78, 5) is 4.21. The van der Waals surface area contributed by atoms with Gasteiger partial charge in [-0.2, -0.15) is 5.10 Å². The van der Waals surface area contributed by atoms with Crippen molar-refractivity contribution in [2.45, 2.75) is 19.8 Å². The van der Waals surface area contributed by atoms with E-state index in [0.717, 1.165) is 31.0 Å². The molecular formula is C6H13N4+. The lowest BCUT2D eigenvalue weighted by atomic mass is 10.4. The standard InChI is InChI=1S/C6H12N4/c1-2-5-8-6(3-4-7)10-9-5/h2-4,7H2,1H3,(H,8,9,10)/p+1. The summed E-state index contributed by atoms with van der Waals surface area (Å²) >= 11 is 0. The Morgan fingerprint density at radius 3 is 2.90 bits per heavy atom. The maximum absolute atomic E-state index is 4.21. The lowest BCUT2D eigenvalue weighted by Gasteiger charge is -1.84.